The number of carboxylic acid groups (broad SMARTS) is 2. The molecule has 10 nitrogen and oxygen atoms in total. The van der Waals surface area contributed by atoms with Gasteiger partial charge < -0.3 is 40.5 Å². The molecule has 0 spiro atoms. The van der Waals surface area contributed by atoms with E-state index in [-0.39, 0.29) is 6.29 Å². The molecule has 10 heteroatoms. The van der Waals surface area contributed by atoms with Gasteiger partial charge in [-0.05, 0) is 0 Å². The number of aldehydes is 1. The average molecular weight is 296 g/mol. The van der Waals surface area contributed by atoms with Crippen molar-refractivity contribution in [1.82, 2.24) is 0 Å². The summed E-state index contributed by atoms with van der Waals surface area (Å²) in [4.78, 5) is 29.0. The van der Waals surface area contributed by atoms with Gasteiger partial charge in [0.05, 0.1) is 6.61 Å². The number of carbonyl (C=O) groups is 3. The Morgan fingerprint density at radius 1 is 0.900 bits per heavy atom. The van der Waals surface area contributed by atoms with Gasteiger partial charge >= 0.3 is 11.9 Å². The maximum atomic E-state index is 9.90. The molecule has 0 aromatic rings. The maximum Gasteiger partial charge on any atom is 0.328 e. The molecule has 116 valence electrons. The highest BCUT2D eigenvalue weighted by Crippen LogP contribution is 2.02. The van der Waals surface area contributed by atoms with E-state index < -0.39 is 43.0 Å². The predicted molar refractivity (Wildman–Crippen MR) is 61.6 cm³/mol. The molecular formula is C10H16O10. The molecule has 0 rings (SSSR count). The Hall–Kier alpha value is -1.85. The van der Waals surface area contributed by atoms with Crippen LogP contribution >= 0.6 is 0 Å². The highest BCUT2D eigenvalue weighted by atomic mass is 16.4. The normalized spacial score (nSPS) is 16.4. The van der Waals surface area contributed by atoms with Gasteiger partial charge in [-0.1, -0.05) is 0 Å². The zero-order valence-electron chi connectivity index (χ0n) is 10.1. The van der Waals surface area contributed by atoms with Gasteiger partial charge in [-0.15, -0.1) is 0 Å². The molecule has 0 aliphatic carbocycles. The Balaban J connectivity index is 0. The predicted octanol–water partition coefficient (Wildman–Crippen LogP) is -3.67. The van der Waals surface area contributed by atoms with Crippen molar-refractivity contribution >= 4 is 18.2 Å². The second-order valence-electron chi connectivity index (χ2n) is 3.37. The first-order chi connectivity index (χ1) is 9.17. The summed E-state index contributed by atoms with van der Waals surface area (Å²) in [5.41, 5.74) is 0. The van der Waals surface area contributed by atoms with Crippen LogP contribution in [-0.2, 0) is 14.4 Å². The van der Waals surface area contributed by atoms with E-state index >= 15 is 0 Å². The molecule has 20 heavy (non-hydrogen) atoms. The lowest BCUT2D eigenvalue weighted by molar-refractivity contribution is -0.136. The summed E-state index contributed by atoms with van der Waals surface area (Å²) in [7, 11) is 0. The van der Waals surface area contributed by atoms with E-state index in [0.717, 1.165) is 0 Å². The summed E-state index contributed by atoms with van der Waals surface area (Å²) in [5, 5.41) is 59.2. The zero-order valence-corrected chi connectivity index (χ0v) is 10.1. The summed E-state index contributed by atoms with van der Waals surface area (Å²) in [5.74, 6) is -2.51. The van der Waals surface area contributed by atoms with Crippen molar-refractivity contribution in [3.8, 4) is 0 Å². The molecule has 0 heterocycles. The van der Waals surface area contributed by atoms with Crippen LogP contribution in [-0.4, -0.2) is 85.0 Å². The van der Waals surface area contributed by atoms with E-state index in [1.54, 1.807) is 0 Å². The lowest BCUT2D eigenvalue weighted by Gasteiger charge is -2.22. The Kier molecular flexibility index (Phi) is 11.3. The van der Waals surface area contributed by atoms with Crippen molar-refractivity contribution < 1.29 is 50.1 Å². The van der Waals surface area contributed by atoms with E-state index in [9.17, 15) is 14.4 Å². The number of carbonyl (C=O) groups excluding carboxylic acids is 1. The SMILES string of the molecule is O=C(O)C=CC(=O)O.O=C[C@H](O)[C@@H](O)[C@H](O)[C@H](O)CO. The average Bonchev–Trinajstić information content (AvgIpc) is 2.42. The first-order valence-electron chi connectivity index (χ1n) is 5.09. The van der Waals surface area contributed by atoms with Crippen LogP contribution < -0.4 is 0 Å². The van der Waals surface area contributed by atoms with E-state index in [1.807, 2.05) is 0 Å². The van der Waals surface area contributed by atoms with Crippen LogP contribution in [0.25, 0.3) is 0 Å². The Bertz CT molecular complexity index is 323. The number of aliphatic hydroxyl groups is 5. The number of carboxylic acids is 2. The van der Waals surface area contributed by atoms with Gasteiger partial charge in [0.15, 0.2) is 6.29 Å². The second-order valence-corrected chi connectivity index (χ2v) is 3.37. The lowest BCUT2D eigenvalue weighted by Crippen LogP contribution is -2.46. The minimum Gasteiger partial charge on any atom is -0.478 e. The molecule has 0 aliphatic rings. The lowest BCUT2D eigenvalue weighted by atomic mass is 10.0. The van der Waals surface area contributed by atoms with Crippen molar-refractivity contribution in [2.75, 3.05) is 6.61 Å². The monoisotopic (exact) mass is 296 g/mol. The summed E-state index contributed by atoms with van der Waals surface area (Å²) in [6.45, 7) is -0.760. The Labute approximate surface area is 112 Å². The smallest absolute Gasteiger partial charge is 0.328 e. The van der Waals surface area contributed by atoms with Crippen LogP contribution in [0.15, 0.2) is 12.2 Å². The third-order valence-electron chi connectivity index (χ3n) is 1.79. The summed E-state index contributed by atoms with van der Waals surface area (Å²) < 4.78 is 0. The Morgan fingerprint density at radius 3 is 1.55 bits per heavy atom. The minimum atomic E-state index is -1.79. The molecule has 0 radical (unpaired) electrons. The molecule has 0 aromatic carbocycles. The topological polar surface area (TPSA) is 193 Å². The van der Waals surface area contributed by atoms with Crippen LogP contribution in [0.5, 0.6) is 0 Å². The van der Waals surface area contributed by atoms with E-state index in [1.165, 1.54) is 0 Å². The van der Waals surface area contributed by atoms with Crippen molar-refractivity contribution in [2.45, 2.75) is 24.4 Å². The fourth-order valence-electron chi connectivity index (χ4n) is 0.761. The second kappa shape index (κ2) is 11.0. The maximum absolute atomic E-state index is 9.90. The van der Waals surface area contributed by atoms with Gasteiger partial charge in [0.25, 0.3) is 0 Å². The van der Waals surface area contributed by atoms with Gasteiger partial charge in [-0.25, -0.2) is 9.59 Å². The molecular weight excluding hydrogens is 280 g/mol. The van der Waals surface area contributed by atoms with Crippen molar-refractivity contribution in [2.24, 2.45) is 0 Å². The molecule has 0 aromatic heterocycles. The van der Waals surface area contributed by atoms with Crippen LogP contribution in [0.4, 0.5) is 0 Å². The van der Waals surface area contributed by atoms with E-state index in [2.05, 4.69) is 0 Å². The zero-order chi connectivity index (χ0) is 16.3. The number of aliphatic carboxylic acids is 2. The third-order valence-corrected chi connectivity index (χ3v) is 1.79. The van der Waals surface area contributed by atoms with Crippen LogP contribution in [0.3, 0.4) is 0 Å². The van der Waals surface area contributed by atoms with Gasteiger partial charge in [-0.2, -0.15) is 0 Å². The quantitative estimate of drug-likeness (QED) is 0.182. The van der Waals surface area contributed by atoms with Crippen molar-refractivity contribution in [3.05, 3.63) is 12.2 Å². The highest BCUT2D eigenvalue weighted by Gasteiger charge is 2.29. The largest absolute Gasteiger partial charge is 0.478 e. The van der Waals surface area contributed by atoms with Gasteiger partial charge in [0.2, 0.25) is 0 Å². The third kappa shape index (κ3) is 10.1. The standard InChI is InChI=1S/C6H12O6.C4H4O4/c7-1-3(9)5(11)6(12)4(10)2-8;5-3(6)1-2-4(7)8/h1,3-6,8-12H,2H2;1-2H,(H,5,6)(H,7,8)/t3-,4+,5+,6+;/m0./s1. The molecule has 4 atom stereocenters. The molecule has 0 saturated carbocycles. The highest BCUT2D eigenvalue weighted by molar-refractivity contribution is 5.89. The first-order valence-corrected chi connectivity index (χ1v) is 5.09. The van der Waals surface area contributed by atoms with E-state index in [4.69, 9.17) is 35.7 Å². The number of aliphatic hydroxyl groups excluding tert-OH is 5. The summed E-state index contributed by atoms with van der Waals surface area (Å²) >= 11 is 0. The molecule has 7 N–H and O–H groups in total. The Morgan fingerprint density at radius 2 is 1.30 bits per heavy atom. The molecule has 0 saturated heterocycles. The van der Waals surface area contributed by atoms with Crippen molar-refractivity contribution in [1.29, 1.82) is 0 Å². The van der Waals surface area contributed by atoms with Gasteiger partial charge in [-0.3, -0.25) is 0 Å². The fourth-order valence-corrected chi connectivity index (χ4v) is 0.761. The molecule has 0 amide bonds. The number of hydrogen-bond acceptors (Lipinski definition) is 8. The molecule has 0 fully saturated rings. The molecule has 0 unspecified atom stereocenters. The van der Waals surface area contributed by atoms with Crippen LogP contribution in [0.1, 0.15) is 0 Å². The fraction of sp³-hybridized carbons (Fsp3) is 0.500. The minimum absolute atomic E-state index is 0.0258. The van der Waals surface area contributed by atoms with Crippen molar-refractivity contribution in [3.63, 3.8) is 0 Å². The van der Waals surface area contributed by atoms with Crippen LogP contribution in [0, 0.1) is 0 Å². The first kappa shape index (κ1) is 20.5. The van der Waals surface area contributed by atoms with Crippen LogP contribution in [0.2, 0.25) is 0 Å². The molecule has 0 aliphatic heterocycles. The van der Waals surface area contributed by atoms with E-state index in [0.29, 0.717) is 12.2 Å². The molecule has 0 bridgehead atoms. The summed E-state index contributed by atoms with van der Waals surface area (Å²) in [6, 6.07) is 0. The summed E-state index contributed by atoms with van der Waals surface area (Å²) in [6.07, 6.45) is -5.72. The number of rotatable bonds is 7. The van der Waals surface area contributed by atoms with Gasteiger partial charge in [0.1, 0.15) is 24.4 Å². The van der Waals surface area contributed by atoms with Gasteiger partial charge in [0, 0.05) is 12.2 Å². The number of hydrogen-bond donors (Lipinski definition) is 7.